The first-order valence-corrected chi connectivity index (χ1v) is 7.81. The molecule has 5 heteroatoms. The molecular formula is C19H19F2N3. The van der Waals surface area contributed by atoms with Crippen molar-refractivity contribution in [3.8, 4) is 5.69 Å². The van der Waals surface area contributed by atoms with E-state index in [1.807, 2.05) is 48.9 Å². The molecule has 0 aliphatic carbocycles. The minimum absolute atomic E-state index is 0.335. The van der Waals surface area contributed by atoms with E-state index in [0.29, 0.717) is 18.7 Å². The van der Waals surface area contributed by atoms with Crippen molar-refractivity contribution in [2.45, 2.75) is 26.9 Å². The number of aromatic nitrogens is 2. The van der Waals surface area contributed by atoms with Crippen molar-refractivity contribution in [1.82, 2.24) is 15.1 Å². The summed E-state index contributed by atoms with van der Waals surface area (Å²) < 4.78 is 28.5. The molecule has 0 atom stereocenters. The van der Waals surface area contributed by atoms with E-state index in [4.69, 9.17) is 0 Å². The average molecular weight is 327 g/mol. The van der Waals surface area contributed by atoms with Crippen molar-refractivity contribution in [3.63, 3.8) is 0 Å². The Morgan fingerprint density at radius 1 is 1.00 bits per heavy atom. The maximum absolute atomic E-state index is 13.7. The minimum Gasteiger partial charge on any atom is -0.308 e. The fourth-order valence-electron chi connectivity index (χ4n) is 2.74. The molecule has 0 aliphatic rings. The SMILES string of the molecule is Cc1nn(-c2ccccc2)c(C)c1CNCc1ccc(F)cc1F. The maximum atomic E-state index is 13.7. The van der Waals surface area contributed by atoms with Crippen LogP contribution in [0.25, 0.3) is 5.69 Å². The van der Waals surface area contributed by atoms with Crippen molar-refractivity contribution in [3.05, 3.63) is 82.7 Å². The van der Waals surface area contributed by atoms with Crippen LogP contribution in [0.2, 0.25) is 0 Å². The Morgan fingerprint density at radius 2 is 1.75 bits per heavy atom. The number of para-hydroxylation sites is 1. The molecule has 1 aromatic heterocycles. The van der Waals surface area contributed by atoms with Gasteiger partial charge in [0.15, 0.2) is 0 Å². The highest BCUT2D eigenvalue weighted by molar-refractivity contribution is 5.36. The number of nitrogens with one attached hydrogen (secondary N) is 1. The number of hydrogen-bond acceptors (Lipinski definition) is 2. The van der Waals surface area contributed by atoms with Crippen LogP contribution in [0.1, 0.15) is 22.5 Å². The van der Waals surface area contributed by atoms with Crippen LogP contribution in [-0.2, 0) is 13.1 Å². The molecule has 0 fully saturated rings. The summed E-state index contributed by atoms with van der Waals surface area (Å²) in [5.41, 5.74) is 4.52. The minimum atomic E-state index is -0.563. The van der Waals surface area contributed by atoms with Gasteiger partial charge in [0.25, 0.3) is 0 Å². The number of aryl methyl sites for hydroxylation is 1. The summed E-state index contributed by atoms with van der Waals surface area (Å²) in [5.74, 6) is -1.09. The summed E-state index contributed by atoms with van der Waals surface area (Å²) in [4.78, 5) is 0. The topological polar surface area (TPSA) is 29.9 Å². The first-order chi connectivity index (χ1) is 11.6. The first kappa shape index (κ1) is 16.3. The number of hydrogen-bond donors (Lipinski definition) is 1. The second-order valence-corrected chi connectivity index (χ2v) is 5.74. The van der Waals surface area contributed by atoms with E-state index in [1.165, 1.54) is 12.1 Å². The van der Waals surface area contributed by atoms with Gasteiger partial charge in [-0.1, -0.05) is 24.3 Å². The van der Waals surface area contributed by atoms with Gasteiger partial charge in [0, 0.05) is 36.0 Å². The fraction of sp³-hybridized carbons (Fsp3) is 0.211. The van der Waals surface area contributed by atoms with Crippen molar-refractivity contribution in [2.75, 3.05) is 0 Å². The molecule has 0 saturated carbocycles. The fourth-order valence-corrected chi connectivity index (χ4v) is 2.74. The summed E-state index contributed by atoms with van der Waals surface area (Å²) in [6, 6.07) is 13.6. The maximum Gasteiger partial charge on any atom is 0.130 e. The Kier molecular flexibility index (Phi) is 4.71. The lowest BCUT2D eigenvalue weighted by atomic mass is 10.1. The first-order valence-electron chi connectivity index (χ1n) is 7.81. The van der Waals surface area contributed by atoms with Gasteiger partial charge in [-0.2, -0.15) is 5.10 Å². The van der Waals surface area contributed by atoms with Gasteiger partial charge < -0.3 is 5.32 Å². The van der Waals surface area contributed by atoms with E-state index in [0.717, 1.165) is 28.7 Å². The second-order valence-electron chi connectivity index (χ2n) is 5.74. The molecular weight excluding hydrogens is 308 g/mol. The smallest absolute Gasteiger partial charge is 0.130 e. The standard InChI is InChI=1S/C19H19F2N3/c1-13-18(12-22-11-15-8-9-16(20)10-19(15)21)14(2)24(23-13)17-6-4-3-5-7-17/h3-10,22H,11-12H2,1-2H3. The van der Waals surface area contributed by atoms with Gasteiger partial charge in [-0.15, -0.1) is 0 Å². The van der Waals surface area contributed by atoms with Crippen LogP contribution in [0.4, 0.5) is 8.78 Å². The molecule has 0 aliphatic heterocycles. The lowest BCUT2D eigenvalue weighted by Gasteiger charge is -2.08. The monoisotopic (exact) mass is 327 g/mol. The number of rotatable bonds is 5. The van der Waals surface area contributed by atoms with Crippen molar-refractivity contribution in [2.24, 2.45) is 0 Å². The molecule has 2 aromatic carbocycles. The van der Waals surface area contributed by atoms with Gasteiger partial charge in [-0.3, -0.25) is 0 Å². The number of benzene rings is 2. The summed E-state index contributed by atoms with van der Waals surface area (Å²) >= 11 is 0. The quantitative estimate of drug-likeness (QED) is 0.766. The van der Waals surface area contributed by atoms with Gasteiger partial charge in [0.1, 0.15) is 11.6 Å². The van der Waals surface area contributed by atoms with E-state index in [9.17, 15) is 8.78 Å². The van der Waals surface area contributed by atoms with Gasteiger partial charge in [0.05, 0.1) is 11.4 Å². The zero-order valence-corrected chi connectivity index (χ0v) is 13.7. The third-order valence-electron chi connectivity index (χ3n) is 4.07. The Balaban J connectivity index is 1.73. The largest absolute Gasteiger partial charge is 0.308 e. The molecule has 3 nitrogen and oxygen atoms in total. The highest BCUT2D eigenvalue weighted by atomic mass is 19.1. The average Bonchev–Trinajstić information content (AvgIpc) is 2.85. The van der Waals surface area contributed by atoms with E-state index in [-0.39, 0.29) is 0 Å². The summed E-state index contributed by atoms with van der Waals surface area (Å²) in [6.45, 7) is 4.88. The molecule has 0 bridgehead atoms. The van der Waals surface area contributed by atoms with Crippen LogP contribution in [0, 0.1) is 25.5 Å². The van der Waals surface area contributed by atoms with Gasteiger partial charge in [-0.05, 0) is 32.0 Å². The second kappa shape index (κ2) is 6.93. The molecule has 24 heavy (non-hydrogen) atoms. The molecule has 0 spiro atoms. The van der Waals surface area contributed by atoms with Crippen LogP contribution in [0.15, 0.2) is 48.5 Å². The van der Waals surface area contributed by atoms with Crippen LogP contribution >= 0.6 is 0 Å². The van der Waals surface area contributed by atoms with Crippen LogP contribution in [0.3, 0.4) is 0 Å². The van der Waals surface area contributed by atoms with Crippen LogP contribution in [-0.4, -0.2) is 9.78 Å². The summed E-state index contributed by atoms with van der Waals surface area (Å²) in [6.07, 6.45) is 0. The van der Waals surface area contributed by atoms with Gasteiger partial charge in [0.2, 0.25) is 0 Å². The van der Waals surface area contributed by atoms with Crippen LogP contribution in [0.5, 0.6) is 0 Å². The van der Waals surface area contributed by atoms with E-state index >= 15 is 0 Å². The summed E-state index contributed by atoms with van der Waals surface area (Å²) in [7, 11) is 0. The molecule has 1 heterocycles. The predicted molar refractivity (Wildman–Crippen MR) is 89.9 cm³/mol. The molecule has 124 valence electrons. The van der Waals surface area contributed by atoms with Gasteiger partial charge >= 0.3 is 0 Å². The third-order valence-corrected chi connectivity index (χ3v) is 4.07. The highest BCUT2D eigenvalue weighted by Crippen LogP contribution is 2.18. The lowest BCUT2D eigenvalue weighted by Crippen LogP contribution is -2.15. The predicted octanol–water partition coefficient (Wildman–Crippen LogP) is 4.06. The van der Waals surface area contributed by atoms with E-state index in [1.54, 1.807) is 0 Å². The Morgan fingerprint density at radius 3 is 2.46 bits per heavy atom. The molecule has 0 saturated heterocycles. The zero-order valence-electron chi connectivity index (χ0n) is 13.7. The van der Waals surface area contributed by atoms with Crippen molar-refractivity contribution in [1.29, 1.82) is 0 Å². The molecule has 3 rings (SSSR count). The zero-order chi connectivity index (χ0) is 17.1. The lowest BCUT2D eigenvalue weighted by molar-refractivity contribution is 0.560. The van der Waals surface area contributed by atoms with Gasteiger partial charge in [-0.25, -0.2) is 13.5 Å². The third kappa shape index (κ3) is 3.36. The number of nitrogens with zero attached hydrogens (tertiary/aromatic N) is 2. The van der Waals surface area contributed by atoms with Crippen LogP contribution < -0.4 is 5.32 Å². The van der Waals surface area contributed by atoms with Crippen molar-refractivity contribution >= 4 is 0 Å². The molecule has 0 amide bonds. The Bertz CT molecular complexity index is 841. The highest BCUT2D eigenvalue weighted by Gasteiger charge is 2.12. The Hall–Kier alpha value is -2.53. The Labute approximate surface area is 139 Å². The van der Waals surface area contributed by atoms with Crippen molar-refractivity contribution < 1.29 is 8.78 Å². The van der Waals surface area contributed by atoms with E-state index < -0.39 is 11.6 Å². The summed E-state index contributed by atoms with van der Waals surface area (Å²) in [5, 5.41) is 7.80. The number of halogens is 2. The normalized spacial score (nSPS) is 11.0. The molecule has 3 aromatic rings. The van der Waals surface area contributed by atoms with E-state index in [2.05, 4.69) is 10.4 Å². The molecule has 0 radical (unpaired) electrons. The molecule has 0 unspecified atom stereocenters. The molecule has 1 N–H and O–H groups in total.